The molecule has 0 spiro atoms. The van der Waals surface area contributed by atoms with Gasteiger partial charge in [-0.05, 0) is 55.5 Å². The minimum Gasteiger partial charge on any atom is -0.381 e. The number of ether oxygens (including phenoxy) is 1. The highest BCUT2D eigenvalue weighted by atomic mass is 16.5. The van der Waals surface area contributed by atoms with Gasteiger partial charge in [0.1, 0.15) is 0 Å². The van der Waals surface area contributed by atoms with Gasteiger partial charge in [0, 0.05) is 37.6 Å². The topological polar surface area (TPSA) is 80.5 Å². The molecule has 0 radical (unpaired) electrons. The summed E-state index contributed by atoms with van der Waals surface area (Å²) in [6.45, 7) is 3.09. The Hall–Kier alpha value is -2.67. The molecule has 2 aliphatic rings. The SMILES string of the molecule is O=C1NCCCN1c1ccc(-c2noc(/C=C/C3CCOCC3)n2)cc1. The first-order valence-electron chi connectivity index (χ1n) is 9.05. The number of allylic oxidation sites excluding steroid dienone is 1. The van der Waals surface area contributed by atoms with Crippen LogP contribution in [0.1, 0.15) is 25.2 Å². The zero-order valence-corrected chi connectivity index (χ0v) is 14.6. The Labute approximate surface area is 152 Å². The second-order valence-corrected chi connectivity index (χ2v) is 6.55. The molecule has 2 fully saturated rings. The molecule has 7 heteroatoms. The van der Waals surface area contributed by atoms with Crippen molar-refractivity contribution in [3.63, 3.8) is 0 Å². The Bertz CT molecular complexity index is 778. The Morgan fingerprint density at radius 1 is 1.19 bits per heavy atom. The number of rotatable bonds is 4. The van der Waals surface area contributed by atoms with E-state index in [1.165, 1.54) is 0 Å². The summed E-state index contributed by atoms with van der Waals surface area (Å²) < 4.78 is 10.7. The second-order valence-electron chi connectivity index (χ2n) is 6.55. The van der Waals surface area contributed by atoms with E-state index >= 15 is 0 Å². The Kier molecular flexibility index (Phi) is 4.97. The molecule has 0 saturated carbocycles. The first-order valence-corrected chi connectivity index (χ1v) is 9.05. The lowest BCUT2D eigenvalue weighted by atomic mass is 10.00. The van der Waals surface area contributed by atoms with Gasteiger partial charge < -0.3 is 14.6 Å². The van der Waals surface area contributed by atoms with Gasteiger partial charge in [-0.1, -0.05) is 11.2 Å². The summed E-state index contributed by atoms with van der Waals surface area (Å²) in [6, 6.07) is 7.59. The van der Waals surface area contributed by atoms with Crippen LogP contribution in [-0.2, 0) is 4.74 Å². The van der Waals surface area contributed by atoms with E-state index in [0.717, 1.165) is 56.8 Å². The van der Waals surface area contributed by atoms with Crippen LogP contribution < -0.4 is 10.2 Å². The summed E-state index contributed by atoms with van der Waals surface area (Å²) in [6.07, 6.45) is 7.02. The summed E-state index contributed by atoms with van der Waals surface area (Å²) in [7, 11) is 0. The largest absolute Gasteiger partial charge is 0.381 e. The highest BCUT2D eigenvalue weighted by molar-refractivity contribution is 5.92. The van der Waals surface area contributed by atoms with Crippen molar-refractivity contribution >= 4 is 17.8 Å². The number of nitrogens with one attached hydrogen (secondary N) is 1. The van der Waals surface area contributed by atoms with E-state index in [4.69, 9.17) is 9.26 Å². The molecular weight excluding hydrogens is 332 g/mol. The molecule has 2 amide bonds. The predicted octanol–water partition coefficient (Wildman–Crippen LogP) is 3.10. The van der Waals surface area contributed by atoms with E-state index in [-0.39, 0.29) is 6.03 Å². The van der Waals surface area contributed by atoms with Crippen molar-refractivity contribution in [2.75, 3.05) is 31.2 Å². The van der Waals surface area contributed by atoms with Crippen molar-refractivity contribution in [1.29, 1.82) is 0 Å². The number of nitrogens with zero attached hydrogens (tertiary/aromatic N) is 3. The van der Waals surface area contributed by atoms with Gasteiger partial charge in [0.2, 0.25) is 5.82 Å². The van der Waals surface area contributed by atoms with Gasteiger partial charge in [-0.25, -0.2) is 4.79 Å². The quantitative estimate of drug-likeness (QED) is 0.912. The van der Waals surface area contributed by atoms with Gasteiger partial charge in [0.05, 0.1) is 0 Å². The van der Waals surface area contributed by atoms with Crippen molar-refractivity contribution in [3.8, 4) is 11.4 Å². The maximum absolute atomic E-state index is 11.9. The van der Waals surface area contributed by atoms with Gasteiger partial charge in [0.15, 0.2) is 0 Å². The number of aromatic nitrogens is 2. The maximum Gasteiger partial charge on any atom is 0.321 e. The van der Waals surface area contributed by atoms with E-state index in [1.807, 2.05) is 30.3 Å². The minimum absolute atomic E-state index is 0.0518. The summed E-state index contributed by atoms with van der Waals surface area (Å²) in [5.41, 5.74) is 1.73. The van der Waals surface area contributed by atoms with Crippen molar-refractivity contribution in [3.05, 3.63) is 36.2 Å². The maximum atomic E-state index is 11.9. The lowest BCUT2D eigenvalue weighted by Crippen LogP contribution is -2.46. The monoisotopic (exact) mass is 354 g/mol. The summed E-state index contributed by atoms with van der Waals surface area (Å²) in [5.74, 6) is 1.56. The lowest BCUT2D eigenvalue weighted by Gasteiger charge is -2.27. The molecule has 0 bridgehead atoms. The minimum atomic E-state index is -0.0518. The number of carbonyl (C=O) groups is 1. The first kappa shape index (κ1) is 16.8. The van der Waals surface area contributed by atoms with Crippen molar-refractivity contribution in [1.82, 2.24) is 15.5 Å². The van der Waals surface area contributed by atoms with Crippen LogP contribution in [-0.4, -0.2) is 42.5 Å². The van der Waals surface area contributed by atoms with E-state index in [9.17, 15) is 4.79 Å². The lowest BCUT2D eigenvalue weighted by molar-refractivity contribution is 0.0787. The molecule has 136 valence electrons. The standard InChI is InChI=1S/C19H22N4O3/c24-19-20-10-1-11-23(19)16-5-3-15(4-6-16)18-21-17(26-22-18)7-2-14-8-12-25-13-9-14/h2-7,14H,1,8-13H2,(H,20,24)/b7-2+. The van der Waals surface area contributed by atoms with Crippen molar-refractivity contribution in [2.45, 2.75) is 19.3 Å². The number of benzene rings is 1. The second kappa shape index (κ2) is 7.70. The zero-order chi connectivity index (χ0) is 17.8. The number of amides is 2. The number of carbonyl (C=O) groups excluding carboxylic acids is 1. The molecular formula is C19H22N4O3. The van der Waals surface area contributed by atoms with Crippen LogP contribution >= 0.6 is 0 Å². The van der Waals surface area contributed by atoms with Gasteiger partial charge in [0.25, 0.3) is 5.89 Å². The number of hydrogen-bond donors (Lipinski definition) is 1. The molecule has 3 heterocycles. The Morgan fingerprint density at radius 2 is 2.00 bits per heavy atom. The van der Waals surface area contributed by atoms with Crippen molar-refractivity contribution < 1.29 is 14.1 Å². The van der Waals surface area contributed by atoms with Gasteiger partial charge in [-0.3, -0.25) is 4.90 Å². The van der Waals surface area contributed by atoms with E-state index in [0.29, 0.717) is 17.6 Å². The highest BCUT2D eigenvalue weighted by Crippen LogP contribution is 2.23. The van der Waals surface area contributed by atoms with Gasteiger partial charge in [-0.2, -0.15) is 4.98 Å². The van der Waals surface area contributed by atoms with Crippen LogP contribution in [0.4, 0.5) is 10.5 Å². The molecule has 1 N–H and O–H groups in total. The van der Waals surface area contributed by atoms with Crippen LogP contribution in [0.15, 0.2) is 34.9 Å². The number of anilines is 1. The van der Waals surface area contributed by atoms with Crippen LogP contribution in [0.2, 0.25) is 0 Å². The Balaban J connectivity index is 1.43. The molecule has 26 heavy (non-hydrogen) atoms. The summed E-state index contributed by atoms with van der Waals surface area (Å²) in [5, 5.41) is 6.91. The van der Waals surface area contributed by atoms with Crippen LogP contribution in [0.3, 0.4) is 0 Å². The third kappa shape index (κ3) is 3.77. The first-order chi connectivity index (χ1) is 12.8. The molecule has 4 rings (SSSR count). The molecule has 2 aromatic rings. The molecule has 2 aliphatic heterocycles. The van der Waals surface area contributed by atoms with Crippen molar-refractivity contribution in [2.24, 2.45) is 5.92 Å². The zero-order valence-electron chi connectivity index (χ0n) is 14.6. The van der Waals surface area contributed by atoms with Crippen LogP contribution in [0.25, 0.3) is 17.5 Å². The molecule has 2 saturated heterocycles. The third-order valence-corrected chi connectivity index (χ3v) is 4.74. The normalized spacial score (nSPS) is 19.1. The molecule has 0 unspecified atom stereocenters. The fourth-order valence-corrected chi connectivity index (χ4v) is 3.21. The molecule has 0 atom stereocenters. The fraction of sp³-hybridized carbons (Fsp3) is 0.421. The summed E-state index contributed by atoms with van der Waals surface area (Å²) >= 11 is 0. The molecule has 7 nitrogen and oxygen atoms in total. The predicted molar refractivity (Wildman–Crippen MR) is 97.7 cm³/mol. The number of hydrogen-bond acceptors (Lipinski definition) is 5. The van der Waals surface area contributed by atoms with E-state index in [1.54, 1.807) is 4.90 Å². The summed E-state index contributed by atoms with van der Waals surface area (Å²) in [4.78, 5) is 18.1. The van der Waals surface area contributed by atoms with E-state index < -0.39 is 0 Å². The van der Waals surface area contributed by atoms with Gasteiger partial charge in [-0.15, -0.1) is 0 Å². The average molecular weight is 354 g/mol. The van der Waals surface area contributed by atoms with Gasteiger partial charge >= 0.3 is 6.03 Å². The molecule has 1 aromatic carbocycles. The smallest absolute Gasteiger partial charge is 0.321 e. The van der Waals surface area contributed by atoms with Crippen LogP contribution in [0.5, 0.6) is 0 Å². The van der Waals surface area contributed by atoms with Crippen LogP contribution in [0, 0.1) is 5.92 Å². The number of urea groups is 1. The fourth-order valence-electron chi connectivity index (χ4n) is 3.21. The third-order valence-electron chi connectivity index (χ3n) is 4.74. The average Bonchev–Trinajstić information content (AvgIpc) is 3.17. The highest BCUT2D eigenvalue weighted by Gasteiger charge is 2.19. The molecule has 1 aromatic heterocycles. The van der Waals surface area contributed by atoms with E-state index in [2.05, 4.69) is 21.5 Å². The molecule has 0 aliphatic carbocycles. The Morgan fingerprint density at radius 3 is 2.77 bits per heavy atom.